The van der Waals surface area contributed by atoms with E-state index in [0.29, 0.717) is 19.3 Å². The molecule has 82 valence electrons. The molecule has 1 rings (SSSR count). The highest BCUT2D eigenvalue weighted by molar-refractivity contribution is 5.88. The molecule has 5 heteroatoms. The number of nitrogens with zero attached hydrogens (tertiary/aromatic N) is 1. The number of nitriles is 1. The van der Waals surface area contributed by atoms with Crippen LogP contribution in [0.5, 0.6) is 0 Å². The Morgan fingerprint density at radius 1 is 1.60 bits per heavy atom. The summed E-state index contributed by atoms with van der Waals surface area (Å²) in [6.07, 6.45) is 4.67. The van der Waals surface area contributed by atoms with Crippen LogP contribution in [-0.2, 0) is 9.53 Å². The van der Waals surface area contributed by atoms with Gasteiger partial charge in [-0.15, -0.1) is 0 Å². The van der Waals surface area contributed by atoms with Gasteiger partial charge in [0.15, 0.2) is 6.19 Å². The maximum Gasteiger partial charge on any atom is 0.256 e. The number of hydrogen-bond acceptors (Lipinski definition) is 4. The molecular formula is C10H15N3O2. The van der Waals surface area contributed by atoms with Crippen LogP contribution >= 0.6 is 0 Å². The Bertz CT molecular complexity index is 300. The summed E-state index contributed by atoms with van der Waals surface area (Å²) >= 11 is 0. The molecule has 5 nitrogen and oxygen atoms in total. The van der Waals surface area contributed by atoms with Crippen LogP contribution in [0.15, 0.2) is 12.2 Å². The zero-order valence-corrected chi connectivity index (χ0v) is 8.91. The van der Waals surface area contributed by atoms with Crippen molar-refractivity contribution >= 4 is 5.91 Å². The quantitative estimate of drug-likeness (QED) is 0.385. The lowest BCUT2D eigenvalue weighted by Crippen LogP contribution is -2.54. The summed E-state index contributed by atoms with van der Waals surface area (Å²) in [5.74, 6) is -0.405. The largest absolute Gasteiger partial charge is 0.378 e. The van der Waals surface area contributed by atoms with Gasteiger partial charge in [-0.2, -0.15) is 5.26 Å². The van der Waals surface area contributed by atoms with Crippen LogP contribution in [0.3, 0.4) is 0 Å². The average molecular weight is 209 g/mol. The molecule has 0 aromatic carbocycles. The molecule has 0 bridgehead atoms. The molecule has 1 saturated heterocycles. The van der Waals surface area contributed by atoms with Crippen LogP contribution in [-0.4, -0.2) is 30.7 Å². The van der Waals surface area contributed by atoms with Crippen LogP contribution in [0.2, 0.25) is 0 Å². The summed E-state index contributed by atoms with van der Waals surface area (Å²) in [7, 11) is 0. The van der Waals surface area contributed by atoms with Gasteiger partial charge in [0.2, 0.25) is 0 Å². The molecule has 0 aromatic rings. The molecule has 0 aromatic heterocycles. The molecular weight excluding hydrogens is 194 g/mol. The molecule has 1 fully saturated rings. The summed E-state index contributed by atoms with van der Waals surface area (Å²) in [4.78, 5) is 11.0. The second-order valence-corrected chi connectivity index (χ2v) is 4.03. The molecule has 0 radical (unpaired) electrons. The molecule has 0 spiro atoms. The van der Waals surface area contributed by atoms with Crippen LogP contribution in [0, 0.1) is 11.5 Å². The Labute approximate surface area is 89.1 Å². The number of amides is 1. The number of carbonyl (C=O) groups excluding carboxylic acids is 1. The molecule has 15 heavy (non-hydrogen) atoms. The second-order valence-electron chi connectivity index (χ2n) is 4.03. The second kappa shape index (κ2) is 4.91. The maximum absolute atomic E-state index is 11.0. The van der Waals surface area contributed by atoms with Gasteiger partial charge in [-0.05, 0) is 13.8 Å². The van der Waals surface area contributed by atoms with Gasteiger partial charge in [0, 0.05) is 11.6 Å². The van der Waals surface area contributed by atoms with Gasteiger partial charge in [0.1, 0.15) is 0 Å². The summed E-state index contributed by atoms with van der Waals surface area (Å²) in [5.41, 5.74) is -0.277. The highest BCUT2D eigenvalue weighted by atomic mass is 16.5. The van der Waals surface area contributed by atoms with Crippen molar-refractivity contribution in [3.8, 4) is 6.19 Å². The van der Waals surface area contributed by atoms with Crippen molar-refractivity contribution in [3.63, 3.8) is 0 Å². The monoisotopic (exact) mass is 209 g/mol. The summed E-state index contributed by atoms with van der Waals surface area (Å²) in [5, 5.41) is 13.6. The lowest BCUT2D eigenvalue weighted by molar-refractivity contribution is -0.115. The highest BCUT2D eigenvalue weighted by Crippen LogP contribution is 2.10. The summed E-state index contributed by atoms with van der Waals surface area (Å²) in [6.45, 7) is 5.34. The van der Waals surface area contributed by atoms with Crippen molar-refractivity contribution in [2.45, 2.75) is 25.4 Å². The van der Waals surface area contributed by atoms with Gasteiger partial charge >= 0.3 is 0 Å². The Hall–Kier alpha value is -1.38. The fraction of sp³-hybridized carbons (Fsp3) is 0.600. The third-order valence-corrected chi connectivity index (χ3v) is 2.04. The fourth-order valence-corrected chi connectivity index (χ4v) is 1.27. The molecule has 1 heterocycles. The van der Waals surface area contributed by atoms with E-state index in [1.807, 2.05) is 19.2 Å². The third kappa shape index (κ3) is 4.11. The SMILES string of the molecule is CC(C)(C=CC(=O)NC#N)NC1COC1. The predicted molar refractivity (Wildman–Crippen MR) is 54.7 cm³/mol. The van der Waals surface area contributed by atoms with E-state index in [4.69, 9.17) is 10.00 Å². The number of rotatable bonds is 4. The van der Waals surface area contributed by atoms with Crippen molar-refractivity contribution in [2.24, 2.45) is 0 Å². The first-order chi connectivity index (χ1) is 7.03. The Kier molecular flexibility index (Phi) is 3.83. The Morgan fingerprint density at radius 3 is 2.73 bits per heavy atom. The molecule has 1 amide bonds. The highest BCUT2D eigenvalue weighted by Gasteiger charge is 2.24. The minimum Gasteiger partial charge on any atom is -0.378 e. The molecule has 1 aliphatic rings. The molecule has 0 atom stereocenters. The van der Waals surface area contributed by atoms with Crippen molar-refractivity contribution in [1.29, 1.82) is 5.26 Å². The van der Waals surface area contributed by atoms with Crippen LogP contribution in [0.25, 0.3) is 0 Å². The van der Waals surface area contributed by atoms with Crippen molar-refractivity contribution in [1.82, 2.24) is 10.6 Å². The number of nitrogens with one attached hydrogen (secondary N) is 2. The van der Waals surface area contributed by atoms with Gasteiger partial charge in [0.25, 0.3) is 5.91 Å². The maximum atomic E-state index is 11.0. The Morgan fingerprint density at radius 2 is 2.27 bits per heavy atom. The molecule has 0 unspecified atom stereocenters. The minimum atomic E-state index is -0.405. The first-order valence-electron chi connectivity index (χ1n) is 4.77. The van der Waals surface area contributed by atoms with E-state index in [1.165, 1.54) is 6.08 Å². The smallest absolute Gasteiger partial charge is 0.256 e. The topological polar surface area (TPSA) is 74.2 Å². The van der Waals surface area contributed by atoms with Gasteiger partial charge in [-0.25, -0.2) is 0 Å². The van der Waals surface area contributed by atoms with Crippen LogP contribution < -0.4 is 10.6 Å². The molecule has 2 N–H and O–H groups in total. The standard InChI is InChI=1S/C10H15N3O2/c1-10(2,13-8-5-15-6-8)4-3-9(14)12-7-11/h3-4,8,13H,5-6H2,1-2H3,(H,12,14). The van der Waals surface area contributed by atoms with E-state index in [-0.39, 0.29) is 5.54 Å². The first kappa shape index (κ1) is 11.7. The molecule has 1 aliphatic heterocycles. The first-order valence-corrected chi connectivity index (χ1v) is 4.77. The lowest BCUT2D eigenvalue weighted by atomic mass is 10.0. The number of hydrogen-bond donors (Lipinski definition) is 2. The van der Waals surface area contributed by atoms with Crippen LogP contribution in [0.1, 0.15) is 13.8 Å². The van der Waals surface area contributed by atoms with Crippen LogP contribution in [0.4, 0.5) is 0 Å². The summed E-state index contributed by atoms with van der Waals surface area (Å²) in [6, 6.07) is 0.351. The summed E-state index contributed by atoms with van der Waals surface area (Å²) < 4.78 is 5.04. The van der Waals surface area contributed by atoms with E-state index in [0.717, 1.165) is 0 Å². The fourth-order valence-electron chi connectivity index (χ4n) is 1.27. The van der Waals surface area contributed by atoms with Crippen molar-refractivity contribution in [3.05, 3.63) is 12.2 Å². The molecule has 0 aliphatic carbocycles. The zero-order valence-electron chi connectivity index (χ0n) is 8.91. The minimum absolute atomic E-state index is 0.277. The predicted octanol–water partition coefficient (Wildman–Crippen LogP) is -0.0931. The molecule has 0 saturated carbocycles. The third-order valence-electron chi connectivity index (χ3n) is 2.04. The van der Waals surface area contributed by atoms with Gasteiger partial charge in [-0.1, -0.05) is 6.08 Å². The van der Waals surface area contributed by atoms with Gasteiger partial charge in [-0.3, -0.25) is 10.1 Å². The van der Waals surface area contributed by atoms with E-state index < -0.39 is 5.91 Å². The van der Waals surface area contributed by atoms with Crippen molar-refractivity contribution in [2.75, 3.05) is 13.2 Å². The lowest BCUT2D eigenvalue weighted by Gasteiger charge is -2.34. The normalized spacial score (nSPS) is 17.1. The van der Waals surface area contributed by atoms with E-state index in [2.05, 4.69) is 5.32 Å². The van der Waals surface area contributed by atoms with E-state index in [9.17, 15) is 4.79 Å². The van der Waals surface area contributed by atoms with E-state index >= 15 is 0 Å². The average Bonchev–Trinajstić information content (AvgIpc) is 2.10. The number of ether oxygens (including phenoxy) is 1. The Balaban J connectivity index is 2.39. The van der Waals surface area contributed by atoms with E-state index in [1.54, 1.807) is 12.3 Å². The number of carbonyl (C=O) groups is 1. The van der Waals surface area contributed by atoms with Crippen molar-refractivity contribution < 1.29 is 9.53 Å². The van der Waals surface area contributed by atoms with Gasteiger partial charge < -0.3 is 10.1 Å². The van der Waals surface area contributed by atoms with Gasteiger partial charge in [0.05, 0.1) is 19.3 Å². The zero-order chi connectivity index (χ0) is 11.3.